The van der Waals surface area contributed by atoms with Crippen LogP contribution in [0, 0.1) is 12.0 Å². The number of unbranched alkanes of at least 4 members (excludes halogenated alkanes) is 3. The quantitative estimate of drug-likeness (QED) is 0.270. The Balaban J connectivity index is 3.03. The Morgan fingerprint density at radius 3 is 2.90 bits per heavy atom. The molecule has 2 nitrogen and oxygen atoms in total. The lowest BCUT2D eigenvalue weighted by atomic mass is 10.2. The topological polar surface area (TPSA) is 29.1 Å². The van der Waals surface area contributed by atoms with Crippen LogP contribution in [0.3, 0.4) is 0 Å². The van der Waals surface area contributed by atoms with Crippen molar-refractivity contribution in [2.75, 3.05) is 0 Å². The maximum atomic E-state index is 9.68. The molecule has 10 heavy (non-hydrogen) atoms. The van der Waals surface area contributed by atoms with Gasteiger partial charge in [0, 0.05) is 12.5 Å². The zero-order valence-electron chi connectivity index (χ0n) is 6.31. The van der Waals surface area contributed by atoms with Crippen molar-refractivity contribution < 1.29 is 4.79 Å². The first kappa shape index (κ1) is 9.03. The van der Waals surface area contributed by atoms with Crippen LogP contribution in [0.25, 0.3) is 0 Å². The van der Waals surface area contributed by atoms with Gasteiger partial charge in [-0.15, -0.1) is 0 Å². The Bertz CT molecular complexity index is 132. The standard InChI is InChI=1S/C8H13NO/c1-2-3-4-5-6-7-9-8-10/h8H,2-5H2,1H3,(H,9,10). The van der Waals surface area contributed by atoms with Crippen LogP contribution < -0.4 is 5.32 Å². The van der Waals surface area contributed by atoms with Crippen molar-refractivity contribution in [2.24, 2.45) is 0 Å². The summed E-state index contributed by atoms with van der Waals surface area (Å²) >= 11 is 0. The molecule has 0 aliphatic heterocycles. The largest absolute Gasteiger partial charge is 0.288 e. The molecule has 0 fully saturated rings. The third-order valence-corrected chi connectivity index (χ3v) is 1.12. The molecule has 0 unspecified atom stereocenters. The number of hydrogen-bond acceptors (Lipinski definition) is 1. The SMILES string of the molecule is CCCCCC#CNC=O. The summed E-state index contributed by atoms with van der Waals surface area (Å²) in [5.74, 6) is 2.83. The molecule has 0 spiro atoms. The summed E-state index contributed by atoms with van der Waals surface area (Å²) in [5.41, 5.74) is 0. The van der Waals surface area contributed by atoms with Gasteiger partial charge in [-0.2, -0.15) is 0 Å². The van der Waals surface area contributed by atoms with Crippen LogP contribution in [0.2, 0.25) is 0 Å². The highest BCUT2D eigenvalue weighted by Crippen LogP contribution is 1.95. The molecule has 0 heterocycles. The summed E-state index contributed by atoms with van der Waals surface area (Å²) in [6.45, 7) is 2.15. The van der Waals surface area contributed by atoms with Crippen LogP contribution in [0.5, 0.6) is 0 Å². The second-order valence-corrected chi connectivity index (χ2v) is 2.02. The van der Waals surface area contributed by atoms with Gasteiger partial charge in [0.25, 0.3) is 0 Å². The van der Waals surface area contributed by atoms with Crippen molar-refractivity contribution >= 4 is 6.41 Å². The first-order chi connectivity index (χ1) is 4.91. The van der Waals surface area contributed by atoms with Gasteiger partial charge in [0.05, 0.1) is 0 Å². The van der Waals surface area contributed by atoms with Gasteiger partial charge < -0.3 is 0 Å². The van der Waals surface area contributed by atoms with Gasteiger partial charge in [-0.1, -0.05) is 25.7 Å². The van der Waals surface area contributed by atoms with Gasteiger partial charge in [-0.3, -0.25) is 10.1 Å². The van der Waals surface area contributed by atoms with E-state index < -0.39 is 0 Å². The maximum Gasteiger partial charge on any atom is 0.218 e. The predicted molar refractivity (Wildman–Crippen MR) is 41.1 cm³/mol. The molecule has 0 bridgehead atoms. The van der Waals surface area contributed by atoms with E-state index >= 15 is 0 Å². The second kappa shape index (κ2) is 8.03. The van der Waals surface area contributed by atoms with E-state index in [-0.39, 0.29) is 0 Å². The number of hydrogen-bond donors (Lipinski definition) is 1. The lowest BCUT2D eigenvalue weighted by Gasteiger charge is -1.87. The summed E-state index contributed by atoms with van der Waals surface area (Å²) in [6.07, 6.45) is 5.03. The molecule has 0 aromatic carbocycles. The molecule has 0 aromatic rings. The van der Waals surface area contributed by atoms with Gasteiger partial charge in [0.15, 0.2) is 0 Å². The summed E-state index contributed by atoms with van der Waals surface area (Å²) in [6, 6.07) is 2.53. The molecule has 0 saturated heterocycles. The predicted octanol–water partition coefficient (Wildman–Crippen LogP) is 1.27. The van der Waals surface area contributed by atoms with Crippen LogP contribution in [0.4, 0.5) is 0 Å². The van der Waals surface area contributed by atoms with Crippen LogP contribution in [-0.4, -0.2) is 6.41 Å². The van der Waals surface area contributed by atoms with Gasteiger partial charge in [-0.05, 0) is 6.42 Å². The van der Waals surface area contributed by atoms with Crippen LogP contribution >= 0.6 is 0 Å². The monoisotopic (exact) mass is 139 g/mol. The van der Waals surface area contributed by atoms with Crippen LogP contribution in [0.1, 0.15) is 32.6 Å². The molecule has 0 aliphatic carbocycles. The summed E-state index contributed by atoms with van der Waals surface area (Å²) in [7, 11) is 0. The molecule has 2 heteroatoms. The number of carbonyl (C=O) groups is 1. The molecule has 0 rings (SSSR count). The zero-order valence-corrected chi connectivity index (χ0v) is 6.31. The third kappa shape index (κ3) is 7.03. The minimum atomic E-state index is 0.590. The van der Waals surface area contributed by atoms with Crippen molar-refractivity contribution in [3.63, 3.8) is 0 Å². The van der Waals surface area contributed by atoms with E-state index in [2.05, 4.69) is 24.2 Å². The highest BCUT2D eigenvalue weighted by atomic mass is 16.1. The maximum absolute atomic E-state index is 9.68. The molecule has 0 atom stereocenters. The minimum absolute atomic E-state index is 0.590. The summed E-state index contributed by atoms with van der Waals surface area (Å²) in [5, 5.41) is 2.28. The Morgan fingerprint density at radius 1 is 1.50 bits per heavy atom. The summed E-state index contributed by atoms with van der Waals surface area (Å²) < 4.78 is 0. The lowest BCUT2D eigenvalue weighted by molar-refractivity contribution is -0.108. The van der Waals surface area contributed by atoms with E-state index in [1.165, 1.54) is 12.8 Å². The molecule has 0 aliphatic rings. The molecular weight excluding hydrogens is 126 g/mol. The van der Waals surface area contributed by atoms with E-state index in [1.807, 2.05) is 0 Å². The van der Waals surface area contributed by atoms with Crippen molar-refractivity contribution in [3.05, 3.63) is 0 Å². The van der Waals surface area contributed by atoms with Crippen molar-refractivity contribution in [2.45, 2.75) is 32.6 Å². The highest BCUT2D eigenvalue weighted by molar-refractivity contribution is 5.49. The molecular formula is C8H13NO. The van der Waals surface area contributed by atoms with Crippen LogP contribution in [-0.2, 0) is 4.79 Å². The van der Waals surface area contributed by atoms with E-state index in [0.29, 0.717) is 6.41 Å². The van der Waals surface area contributed by atoms with Gasteiger partial charge in [0.1, 0.15) is 0 Å². The third-order valence-electron chi connectivity index (χ3n) is 1.12. The first-order valence-electron chi connectivity index (χ1n) is 3.59. The Kier molecular flexibility index (Phi) is 7.25. The smallest absolute Gasteiger partial charge is 0.218 e. The molecule has 0 saturated carbocycles. The Labute approximate surface area is 62.0 Å². The van der Waals surface area contributed by atoms with Crippen LogP contribution in [0.15, 0.2) is 0 Å². The van der Waals surface area contributed by atoms with E-state index in [4.69, 9.17) is 0 Å². The molecule has 1 N–H and O–H groups in total. The second-order valence-electron chi connectivity index (χ2n) is 2.02. The normalized spacial score (nSPS) is 7.70. The van der Waals surface area contributed by atoms with Gasteiger partial charge in [-0.25, -0.2) is 0 Å². The van der Waals surface area contributed by atoms with Crippen molar-refractivity contribution in [1.29, 1.82) is 0 Å². The Hall–Kier alpha value is -0.970. The average molecular weight is 139 g/mol. The van der Waals surface area contributed by atoms with E-state index in [9.17, 15) is 4.79 Å². The van der Waals surface area contributed by atoms with E-state index in [1.54, 1.807) is 0 Å². The van der Waals surface area contributed by atoms with Crippen molar-refractivity contribution in [3.8, 4) is 12.0 Å². The minimum Gasteiger partial charge on any atom is -0.288 e. The fourth-order valence-electron chi connectivity index (χ4n) is 0.606. The summed E-state index contributed by atoms with van der Waals surface area (Å²) in [4.78, 5) is 9.68. The zero-order chi connectivity index (χ0) is 7.66. The molecule has 0 aromatic heterocycles. The highest BCUT2D eigenvalue weighted by Gasteiger charge is 1.79. The number of amides is 1. The number of nitrogens with one attached hydrogen (secondary N) is 1. The van der Waals surface area contributed by atoms with Crippen molar-refractivity contribution in [1.82, 2.24) is 5.32 Å². The molecule has 1 amide bonds. The first-order valence-corrected chi connectivity index (χ1v) is 3.59. The molecule has 0 radical (unpaired) electrons. The fraction of sp³-hybridized carbons (Fsp3) is 0.625. The van der Waals surface area contributed by atoms with Gasteiger partial charge >= 0.3 is 0 Å². The van der Waals surface area contributed by atoms with Gasteiger partial charge in [0.2, 0.25) is 6.41 Å². The lowest BCUT2D eigenvalue weighted by Crippen LogP contribution is -1.98. The fourth-order valence-corrected chi connectivity index (χ4v) is 0.606. The number of carbonyl (C=O) groups excluding carboxylic acids is 1. The number of rotatable bonds is 4. The average Bonchev–Trinajstić information content (AvgIpc) is 1.97. The Morgan fingerprint density at radius 2 is 2.30 bits per heavy atom. The molecule has 56 valence electrons. The van der Waals surface area contributed by atoms with E-state index in [0.717, 1.165) is 12.8 Å².